The minimum Gasteiger partial charge on any atom is -0.310 e. The van der Waals surface area contributed by atoms with Crippen LogP contribution in [-0.4, -0.2) is 4.57 Å². The number of rotatable bonds is 6. The van der Waals surface area contributed by atoms with Crippen LogP contribution in [0.4, 0.5) is 17.1 Å². The third-order valence-electron chi connectivity index (χ3n) is 10.4. The molecule has 10 rings (SSSR count). The number of para-hydroxylation sites is 2. The molecule has 0 unspecified atom stereocenters. The zero-order valence-electron chi connectivity index (χ0n) is 28.5. The lowest BCUT2D eigenvalue weighted by Crippen LogP contribution is -2.11. The minimum atomic E-state index is 1.10. The number of fused-ring (bicyclic) bond motifs is 5. The van der Waals surface area contributed by atoms with E-state index >= 15 is 0 Å². The number of nitrogens with zero attached hydrogens (tertiary/aromatic N) is 2. The first-order valence-electron chi connectivity index (χ1n) is 17.9. The summed E-state index contributed by atoms with van der Waals surface area (Å²) in [5.41, 5.74) is 11.8. The van der Waals surface area contributed by atoms with E-state index in [9.17, 15) is 0 Å². The lowest BCUT2D eigenvalue weighted by Gasteiger charge is -2.28. The van der Waals surface area contributed by atoms with Crippen molar-refractivity contribution in [1.82, 2.24) is 4.57 Å². The molecule has 0 saturated heterocycles. The largest absolute Gasteiger partial charge is 0.310 e. The molecule has 2 nitrogen and oxygen atoms in total. The van der Waals surface area contributed by atoms with Crippen molar-refractivity contribution in [1.29, 1.82) is 0 Å². The highest BCUT2D eigenvalue weighted by molar-refractivity contribution is 6.10. The van der Waals surface area contributed by atoms with Gasteiger partial charge in [0.2, 0.25) is 0 Å². The highest BCUT2D eigenvalue weighted by atomic mass is 15.1. The van der Waals surface area contributed by atoms with Crippen molar-refractivity contribution in [3.8, 4) is 27.9 Å². The second-order valence-corrected chi connectivity index (χ2v) is 13.3. The molecular formula is C50H34N2. The van der Waals surface area contributed by atoms with Crippen LogP contribution in [0.1, 0.15) is 0 Å². The summed E-state index contributed by atoms with van der Waals surface area (Å²) in [6.07, 6.45) is 0. The molecule has 1 aromatic heterocycles. The molecule has 0 radical (unpaired) electrons. The average Bonchev–Trinajstić information content (AvgIpc) is 3.56. The van der Waals surface area contributed by atoms with E-state index in [4.69, 9.17) is 0 Å². The molecule has 10 aromatic rings. The van der Waals surface area contributed by atoms with Gasteiger partial charge in [-0.3, -0.25) is 0 Å². The Balaban J connectivity index is 1.16. The summed E-state index contributed by atoms with van der Waals surface area (Å²) in [4.78, 5) is 2.41. The summed E-state index contributed by atoms with van der Waals surface area (Å²) in [6.45, 7) is 0. The fourth-order valence-corrected chi connectivity index (χ4v) is 8.03. The Morgan fingerprint density at radius 1 is 0.346 bits per heavy atom. The van der Waals surface area contributed by atoms with Crippen LogP contribution in [0.5, 0.6) is 0 Å². The molecule has 0 spiro atoms. The Labute approximate surface area is 303 Å². The smallest absolute Gasteiger partial charge is 0.0541 e. The molecule has 1 heterocycles. The summed E-state index contributed by atoms with van der Waals surface area (Å²) in [6, 6.07) is 74.7. The molecular weight excluding hydrogens is 629 g/mol. The van der Waals surface area contributed by atoms with Crippen LogP contribution in [0.3, 0.4) is 0 Å². The van der Waals surface area contributed by atoms with Crippen molar-refractivity contribution in [2.24, 2.45) is 0 Å². The first-order valence-corrected chi connectivity index (χ1v) is 17.9. The van der Waals surface area contributed by atoms with Crippen LogP contribution in [0.2, 0.25) is 0 Å². The van der Waals surface area contributed by atoms with E-state index in [0.717, 1.165) is 22.7 Å². The molecule has 0 atom stereocenters. The van der Waals surface area contributed by atoms with E-state index in [2.05, 4.69) is 216 Å². The van der Waals surface area contributed by atoms with Crippen LogP contribution >= 0.6 is 0 Å². The van der Waals surface area contributed by atoms with E-state index in [0.29, 0.717) is 0 Å². The van der Waals surface area contributed by atoms with Crippen LogP contribution in [-0.2, 0) is 0 Å². The zero-order valence-corrected chi connectivity index (χ0v) is 28.5. The highest BCUT2D eigenvalue weighted by Gasteiger charge is 2.18. The average molecular weight is 663 g/mol. The van der Waals surface area contributed by atoms with Gasteiger partial charge in [-0.05, 0) is 93.0 Å². The molecule has 0 saturated carbocycles. The van der Waals surface area contributed by atoms with Crippen LogP contribution in [0, 0.1) is 0 Å². The van der Waals surface area contributed by atoms with Crippen LogP contribution < -0.4 is 4.90 Å². The van der Waals surface area contributed by atoms with Gasteiger partial charge in [-0.2, -0.15) is 0 Å². The first kappa shape index (κ1) is 30.0. The van der Waals surface area contributed by atoms with E-state index in [1.54, 1.807) is 0 Å². The lowest BCUT2D eigenvalue weighted by molar-refractivity contribution is 1.17. The number of aromatic nitrogens is 1. The minimum absolute atomic E-state index is 1.10. The Hall–Kier alpha value is -6.90. The Morgan fingerprint density at radius 2 is 0.885 bits per heavy atom. The Kier molecular flexibility index (Phi) is 7.18. The number of anilines is 3. The first-order chi connectivity index (χ1) is 25.8. The third-order valence-corrected chi connectivity index (χ3v) is 10.4. The fraction of sp³-hybridized carbons (Fsp3) is 0. The molecule has 0 amide bonds. The van der Waals surface area contributed by atoms with E-state index < -0.39 is 0 Å². The molecule has 0 N–H and O–H groups in total. The zero-order chi connectivity index (χ0) is 34.4. The van der Waals surface area contributed by atoms with E-state index in [1.807, 2.05) is 0 Å². The third kappa shape index (κ3) is 4.96. The Bertz CT molecular complexity index is 2840. The molecule has 9 aromatic carbocycles. The molecule has 0 aliphatic carbocycles. The molecule has 0 fully saturated rings. The summed E-state index contributed by atoms with van der Waals surface area (Å²) in [5.74, 6) is 0. The number of benzene rings is 9. The van der Waals surface area contributed by atoms with Gasteiger partial charge in [0.15, 0.2) is 0 Å². The van der Waals surface area contributed by atoms with Gasteiger partial charge in [-0.1, -0.05) is 152 Å². The van der Waals surface area contributed by atoms with Gasteiger partial charge in [0.25, 0.3) is 0 Å². The monoisotopic (exact) mass is 662 g/mol. The van der Waals surface area contributed by atoms with Crippen molar-refractivity contribution < 1.29 is 0 Å². The normalized spacial score (nSPS) is 11.5. The molecule has 0 aliphatic rings. The second-order valence-electron chi connectivity index (χ2n) is 13.3. The summed E-state index contributed by atoms with van der Waals surface area (Å²) in [7, 11) is 0. The predicted molar refractivity (Wildman–Crippen MR) is 221 cm³/mol. The topological polar surface area (TPSA) is 8.17 Å². The standard InChI is InChI=1S/C50H34N2/c1-2-14-36(15-3-1)43-25-11-18-37-19-12-26-44(50(37)43)38-20-10-21-41(34-38)51(47-29-13-17-35-16-4-5-22-42(35)47)39-30-32-40(33-31-39)52-48-27-8-6-23-45(48)46-24-7-9-28-49(46)52/h1-34H. The summed E-state index contributed by atoms with van der Waals surface area (Å²) in [5, 5.41) is 7.44. The van der Waals surface area contributed by atoms with E-state index in [1.165, 1.54) is 65.6 Å². The molecule has 0 aliphatic heterocycles. The van der Waals surface area contributed by atoms with E-state index in [-0.39, 0.29) is 0 Å². The molecule has 0 bridgehead atoms. The van der Waals surface area contributed by atoms with Crippen molar-refractivity contribution in [2.45, 2.75) is 0 Å². The Morgan fingerprint density at radius 3 is 1.62 bits per heavy atom. The number of hydrogen-bond acceptors (Lipinski definition) is 1. The van der Waals surface area contributed by atoms with Crippen molar-refractivity contribution in [2.75, 3.05) is 4.90 Å². The second kappa shape index (κ2) is 12.5. The molecule has 2 heteroatoms. The van der Waals surface area contributed by atoms with Crippen LogP contribution in [0.25, 0.3) is 71.3 Å². The maximum Gasteiger partial charge on any atom is 0.0541 e. The number of hydrogen-bond donors (Lipinski definition) is 0. The quantitative estimate of drug-likeness (QED) is 0.172. The van der Waals surface area contributed by atoms with Crippen molar-refractivity contribution in [3.05, 3.63) is 206 Å². The lowest BCUT2D eigenvalue weighted by atomic mass is 9.91. The van der Waals surface area contributed by atoms with Gasteiger partial charge in [0.05, 0.1) is 16.7 Å². The van der Waals surface area contributed by atoms with Gasteiger partial charge in [0.1, 0.15) is 0 Å². The van der Waals surface area contributed by atoms with Gasteiger partial charge in [-0.25, -0.2) is 0 Å². The SMILES string of the molecule is c1ccc(-c2cccc3cccc(-c4cccc(N(c5ccc(-n6c7ccccc7c7ccccc76)cc5)c5cccc6ccccc56)c4)c23)cc1. The fourth-order valence-electron chi connectivity index (χ4n) is 8.03. The van der Waals surface area contributed by atoms with Gasteiger partial charge in [-0.15, -0.1) is 0 Å². The molecule has 52 heavy (non-hydrogen) atoms. The summed E-state index contributed by atoms with van der Waals surface area (Å²) < 4.78 is 2.38. The maximum atomic E-state index is 2.41. The molecule has 244 valence electrons. The summed E-state index contributed by atoms with van der Waals surface area (Å²) >= 11 is 0. The van der Waals surface area contributed by atoms with Crippen molar-refractivity contribution >= 4 is 60.4 Å². The van der Waals surface area contributed by atoms with Gasteiger partial charge >= 0.3 is 0 Å². The van der Waals surface area contributed by atoms with Gasteiger partial charge in [0, 0.05) is 33.2 Å². The maximum absolute atomic E-state index is 2.41. The van der Waals surface area contributed by atoms with Crippen LogP contribution in [0.15, 0.2) is 206 Å². The predicted octanol–water partition coefficient (Wildman–Crippen LogP) is 13.9. The van der Waals surface area contributed by atoms with Crippen molar-refractivity contribution in [3.63, 3.8) is 0 Å². The van der Waals surface area contributed by atoms with Gasteiger partial charge < -0.3 is 9.47 Å². The highest BCUT2D eigenvalue weighted by Crippen LogP contribution is 2.43.